The summed E-state index contributed by atoms with van der Waals surface area (Å²) in [6.07, 6.45) is 1.85. The summed E-state index contributed by atoms with van der Waals surface area (Å²) in [5, 5.41) is 1.72. The molecule has 0 aliphatic carbocycles. The summed E-state index contributed by atoms with van der Waals surface area (Å²) in [5.74, 6) is 0. The van der Waals surface area contributed by atoms with E-state index in [2.05, 4.69) is 25.9 Å². The molecule has 2 nitrogen and oxygen atoms in total. The highest BCUT2D eigenvalue weighted by Gasteiger charge is 2.04. The molecule has 0 saturated heterocycles. The summed E-state index contributed by atoms with van der Waals surface area (Å²) in [4.78, 5) is 7.32. The van der Waals surface area contributed by atoms with Crippen LogP contribution >= 0.6 is 27.5 Å². The van der Waals surface area contributed by atoms with Gasteiger partial charge in [0.25, 0.3) is 0 Å². The molecule has 2 heterocycles. The van der Waals surface area contributed by atoms with E-state index in [1.54, 1.807) is 0 Å². The number of nitrogens with one attached hydrogen (secondary N) is 1. The number of aromatic amines is 1. The Balaban J connectivity index is 2.87. The van der Waals surface area contributed by atoms with Crippen LogP contribution in [0.2, 0.25) is 5.02 Å². The zero-order valence-corrected chi connectivity index (χ0v) is 8.70. The van der Waals surface area contributed by atoms with Crippen molar-refractivity contribution in [2.75, 3.05) is 0 Å². The van der Waals surface area contributed by atoms with Gasteiger partial charge in [0.1, 0.15) is 5.65 Å². The highest BCUT2D eigenvalue weighted by atomic mass is 79.9. The molecule has 0 radical (unpaired) electrons. The summed E-state index contributed by atoms with van der Waals surface area (Å²) in [7, 11) is 0. The number of nitrogens with zero attached hydrogens (tertiary/aromatic N) is 1. The first kappa shape index (κ1) is 8.08. The van der Waals surface area contributed by atoms with Gasteiger partial charge in [0.2, 0.25) is 0 Å². The lowest BCUT2D eigenvalue weighted by Crippen LogP contribution is -1.82. The maximum Gasteiger partial charge on any atom is 0.138 e. The first-order chi connectivity index (χ1) is 5.68. The maximum atomic E-state index is 5.92. The summed E-state index contributed by atoms with van der Waals surface area (Å²) in [5.41, 5.74) is 1.71. The van der Waals surface area contributed by atoms with Crippen molar-refractivity contribution in [1.82, 2.24) is 9.97 Å². The van der Waals surface area contributed by atoms with Crippen molar-refractivity contribution in [3.63, 3.8) is 0 Å². The largest absolute Gasteiger partial charge is 0.345 e. The lowest BCUT2D eigenvalue weighted by Gasteiger charge is -1.96. The third-order valence-corrected chi connectivity index (χ3v) is 2.78. The van der Waals surface area contributed by atoms with Gasteiger partial charge in [0.15, 0.2) is 0 Å². The lowest BCUT2D eigenvalue weighted by molar-refractivity contribution is 1.22. The van der Waals surface area contributed by atoms with Crippen LogP contribution in [0.3, 0.4) is 0 Å². The first-order valence-corrected chi connectivity index (χ1v) is 4.65. The number of aromatic nitrogens is 2. The van der Waals surface area contributed by atoms with Gasteiger partial charge >= 0.3 is 0 Å². The molecule has 2 rings (SSSR count). The van der Waals surface area contributed by atoms with E-state index in [9.17, 15) is 0 Å². The highest BCUT2D eigenvalue weighted by molar-refractivity contribution is 9.10. The fourth-order valence-corrected chi connectivity index (χ4v) is 1.65. The molecule has 0 fully saturated rings. The summed E-state index contributed by atoms with van der Waals surface area (Å²) in [6.45, 7) is 1.89. The van der Waals surface area contributed by atoms with E-state index in [0.717, 1.165) is 21.2 Å². The number of pyridine rings is 1. The van der Waals surface area contributed by atoms with E-state index in [-0.39, 0.29) is 0 Å². The Hall–Kier alpha value is -0.540. The lowest BCUT2D eigenvalue weighted by atomic mass is 10.3. The summed E-state index contributed by atoms with van der Waals surface area (Å²) in [6, 6.07) is 1.90. The van der Waals surface area contributed by atoms with Crippen molar-refractivity contribution in [3.05, 3.63) is 27.5 Å². The molecule has 0 amide bonds. The molecule has 0 aliphatic rings. The molecule has 0 bridgehead atoms. The number of aryl methyl sites for hydroxylation is 1. The quantitative estimate of drug-likeness (QED) is 0.758. The minimum absolute atomic E-state index is 0.697. The van der Waals surface area contributed by atoms with E-state index in [1.807, 2.05) is 19.2 Å². The molecule has 1 N–H and O–H groups in total. The average molecular weight is 246 g/mol. The van der Waals surface area contributed by atoms with Crippen molar-refractivity contribution in [1.29, 1.82) is 0 Å². The number of hydrogen-bond acceptors (Lipinski definition) is 1. The Bertz CT molecular complexity index is 436. The number of hydrogen-bond donors (Lipinski definition) is 1. The first-order valence-electron chi connectivity index (χ1n) is 3.48. The van der Waals surface area contributed by atoms with E-state index in [0.29, 0.717) is 5.02 Å². The van der Waals surface area contributed by atoms with Gasteiger partial charge in [0, 0.05) is 16.1 Å². The minimum Gasteiger partial charge on any atom is -0.345 e. The van der Waals surface area contributed by atoms with Gasteiger partial charge in [-0.2, -0.15) is 0 Å². The Labute approximate surface area is 83.1 Å². The van der Waals surface area contributed by atoms with Gasteiger partial charge in [-0.15, -0.1) is 0 Å². The molecule has 12 heavy (non-hydrogen) atoms. The molecule has 0 unspecified atom stereocenters. The Morgan fingerprint density at radius 1 is 1.58 bits per heavy atom. The number of H-pyrrole nitrogens is 1. The zero-order chi connectivity index (χ0) is 8.72. The van der Waals surface area contributed by atoms with Crippen LogP contribution in [0.25, 0.3) is 11.0 Å². The smallest absolute Gasteiger partial charge is 0.138 e. The second-order valence-electron chi connectivity index (χ2n) is 2.59. The van der Waals surface area contributed by atoms with E-state index < -0.39 is 0 Å². The predicted molar refractivity (Wildman–Crippen MR) is 53.5 cm³/mol. The average Bonchev–Trinajstić information content (AvgIpc) is 2.35. The van der Waals surface area contributed by atoms with Crippen molar-refractivity contribution in [2.24, 2.45) is 0 Å². The Kier molecular flexibility index (Phi) is 1.85. The second-order valence-corrected chi connectivity index (χ2v) is 3.85. The topological polar surface area (TPSA) is 28.7 Å². The van der Waals surface area contributed by atoms with Crippen LogP contribution in [-0.4, -0.2) is 9.97 Å². The van der Waals surface area contributed by atoms with E-state index >= 15 is 0 Å². The Morgan fingerprint density at radius 3 is 3.08 bits per heavy atom. The highest BCUT2D eigenvalue weighted by Crippen LogP contribution is 2.26. The van der Waals surface area contributed by atoms with Crippen LogP contribution < -0.4 is 0 Å². The standard InChI is InChI=1S/C8H6BrClN2/c1-4-7(10)2-5-6(9)3-11-8(5)12-4/h2-3H,1H3,(H,11,12). The number of halogens is 2. The van der Waals surface area contributed by atoms with Crippen molar-refractivity contribution in [2.45, 2.75) is 6.92 Å². The SMILES string of the molecule is Cc1nc2[nH]cc(Br)c2cc1Cl. The third kappa shape index (κ3) is 1.13. The summed E-state index contributed by atoms with van der Waals surface area (Å²) < 4.78 is 0.993. The van der Waals surface area contributed by atoms with Gasteiger partial charge in [-0.05, 0) is 28.9 Å². The molecular formula is C8H6BrClN2. The van der Waals surface area contributed by atoms with Crippen LogP contribution in [0.5, 0.6) is 0 Å². The van der Waals surface area contributed by atoms with Gasteiger partial charge in [0.05, 0.1) is 10.7 Å². The molecule has 2 aromatic rings. The van der Waals surface area contributed by atoms with E-state index in [4.69, 9.17) is 11.6 Å². The molecule has 0 aliphatic heterocycles. The maximum absolute atomic E-state index is 5.92. The second kappa shape index (κ2) is 2.75. The molecular weight excluding hydrogens is 239 g/mol. The monoisotopic (exact) mass is 244 g/mol. The minimum atomic E-state index is 0.697. The van der Waals surface area contributed by atoms with Gasteiger partial charge < -0.3 is 4.98 Å². The number of rotatable bonds is 0. The van der Waals surface area contributed by atoms with Crippen LogP contribution in [0, 0.1) is 6.92 Å². The Morgan fingerprint density at radius 2 is 2.33 bits per heavy atom. The fraction of sp³-hybridized carbons (Fsp3) is 0.125. The molecule has 0 saturated carbocycles. The molecule has 0 spiro atoms. The van der Waals surface area contributed by atoms with Crippen LogP contribution in [0.4, 0.5) is 0 Å². The van der Waals surface area contributed by atoms with Crippen molar-refractivity contribution >= 4 is 38.6 Å². The van der Waals surface area contributed by atoms with Gasteiger partial charge in [-0.1, -0.05) is 11.6 Å². The van der Waals surface area contributed by atoms with E-state index in [1.165, 1.54) is 0 Å². The molecule has 0 aromatic carbocycles. The summed E-state index contributed by atoms with van der Waals surface area (Å²) >= 11 is 9.31. The normalized spacial score (nSPS) is 10.9. The molecule has 2 aromatic heterocycles. The van der Waals surface area contributed by atoms with Gasteiger partial charge in [-0.25, -0.2) is 4.98 Å². The number of fused-ring (bicyclic) bond motifs is 1. The fourth-order valence-electron chi connectivity index (χ4n) is 1.08. The van der Waals surface area contributed by atoms with Crippen LogP contribution in [-0.2, 0) is 0 Å². The third-order valence-electron chi connectivity index (χ3n) is 1.74. The molecule has 62 valence electrons. The zero-order valence-electron chi connectivity index (χ0n) is 6.36. The molecule has 4 heteroatoms. The van der Waals surface area contributed by atoms with Gasteiger partial charge in [-0.3, -0.25) is 0 Å². The predicted octanol–water partition coefficient (Wildman–Crippen LogP) is 3.29. The van der Waals surface area contributed by atoms with Crippen molar-refractivity contribution < 1.29 is 0 Å². The molecule has 0 atom stereocenters. The van der Waals surface area contributed by atoms with Crippen LogP contribution in [0.1, 0.15) is 5.69 Å². The van der Waals surface area contributed by atoms with Crippen LogP contribution in [0.15, 0.2) is 16.7 Å². The van der Waals surface area contributed by atoms with Crippen molar-refractivity contribution in [3.8, 4) is 0 Å².